The molecule has 0 radical (unpaired) electrons. The number of fused-ring (bicyclic) bond motifs is 1. The Bertz CT molecular complexity index is 990. The summed E-state index contributed by atoms with van der Waals surface area (Å²) in [6, 6.07) is 4.15. The number of nitrogens with zero attached hydrogens (tertiary/aromatic N) is 5. The Morgan fingerprint density at radius 3 is 2.64 bits per heavy atom. The molecule has 1 aliphatic rings. The average Bonchev–Trinajstić information content (AvgIpc) is 2.97. The zero-order valence-corrected chi connectivity index (χ0v) is 13.6. The minimum atomic E-state index is -0.448. The number of aromatic hydroxyl groups is 1. The number of rotatable bonds is 2. The molecular weight excluding hydrogens is 327 g/mol. The number of aromatic amines is 1. The Morgan fingerprint density at radius 1 is 1.20 bits per heavy atom. The third kappa shape index (κ3) is 2.67. The van der Waals surface area contributed by atoms with Gasteiger partial charge in [0, 0.05) is 39.3 Å². The summed E-state index contributed by atoms with van der Waals surface area (Å²) in [4.78, 5) is 23.3. The first-order valence-electron chi connectivity index (χ1n) is 7.93. The van der Waals surface area contributed by atoms with Gasteiger partial charge in [0.25, 0.3) is 5.56 Å². The van der Waals surface area contributed by atoms with E-state index in [1.54, 1.807) is 17.8 Å². The topological polar surface area (TPSA) is 90.3 Å². The lowest BCUT2D eigenvalue weighted by Gasteiger charge is -2.36. The first-order valence-corrected chi connectivity index (χ1v) is 7.93. The van der Waals surface area contributed by atoms with E-state index in [4.69, 9.17) is 0 Å². The van der Waals surface area contributed by atoms with Gasteiger partial charge in [-0.3, -0.25) is 14.5 Å². The summed E-state index contributed by atoms with van der Waals surface area (Å²) in [6.45, 7) is 2.34. The summed E-state index contributed by atoms with van der Waals surface area (Å²) in [7, 11) is 1.74. The largest absolute Gasteiger partial charge is 0.508 e. The van der Waals surface area contributed by atoms with Gasteiger partial charge in [0.2, 0.25) is 5.95 Å². The zero-order chi connectivity index (χ0) is 17.6. The molecule has 1 aliphatic heterocycles. The summed E-state index contributed by atoms with van der Waals surface area (Å²) < 4.78 is 15.6. The van der Waals surface area contributed by atoms with Crippen molar-refractivity contribution in [3.8, 4) is 5.75 Å². The molecule has 25 heavy (non-hydrogen) atoms. The fraction of sp³-hybridized carbons (Fsp3) is 0.312. The Hall–Kier alpha value is -3.10. The number of phenols is 1. The van der Waals surface area contributed by atoms with E-state index in [9.17, 15) is 14.3 Å². The van der Waals surface area contributed by atoms with Crippen molar-refractivity contribution >= 4 is 22.7 Å². The number of piperazine rings is 1. The van der Waals surface area contributed by atoms with Gasteiger partial charge in [0.05, 0.1) is 11.9 Å². The minimum absolute atomic E-state index is 0.0915. The molecule has 1 aromatic carbocycles. The van der Waals surface area contributed by atoms with E-state index in [1.165, 1.54) is 12.3 Å². The van der Waals surface area contributed by atoms with Crippen LogP contribution >= 0.6 is 0 Å². The molecule has 0 spiro atoms. The van der Waals surface area contributed by atoms with Gasteiger partial charge in [-0.1, -0.05) is 0 Å². The van der Waals surface area contributed by atoms with Gasteiger partial charge < -0.3 is 14.9 Å². The smallest absolute Gasteiger partial charge is 0.263 e. The van der Waals surface area contributed by atoms with E-state index in [0.29, 0.717) is 48.8 Å². The van der Waals surface area contributed by atoms with Crippen molar-refractivity contribution in [3.05, 3.63) is 40.6 Å². The van der Waals surface area contributed by atoms with Gasteiger partial charge in [-0.25, -0.2) is 4.39 Å². The van der Waals surface area contributed by atoms with Crippen molar-refractivity contribution in [3.63, 3.8) is 0 Å². The zero-order valence-electron chi connectivity index (χ0n) is 13.6. The van der Waals surface area contributed by atoms with Crippen molar-refractivity contribution in [2.45, 2.75) is 0 Å². The van der Waals surface area contributed by atoms with Gasteiger partial charge >= 0.3 is 0 Å². The molecule has 3 aromatic rings. The Morgan fingerprint density at radius 2 is 1.92 bits per heavy atom. The van der Waals surface area contributed by atoms with E-state index in [2.05, 4.69) is 15.1 Å². The fourth-order valence-electron chi connectivity index (χ4n) is 3.08. The number of benzene rings is 1. The van der Waals surface area contributed by atoms with Crippen LogP contribution < -0.4 is 15.4 Å². The maximum Gasteiger partial charge on any atom is 0.263 e. The lowest BCUT2D eigenvalue weighted by atomic mass is 10.2. The highest BCUT2D eigenvalue weighted by Crippen LogP contribution is 2.25. The molecule has 0 saturated carbocycles. The number of H-pyrrole nitrogens is 1. The first kappa shape index (κ1) is 15.4. The molecule has 2 aromatic heterocycles. The van der Waals surface area contributed by atoms with Gasteiger partial charge in [-0.2, -0.15) is 10.1 Å². The summed E-state index contributed by atoms with van der Waals surface area (Å²) in [6.07, 6.45) is 1.50. The highest BCUT2D eigenvalue weighted by molar-refractivity contribution is 5.74. The van der Waals surface area contributed by atoms with Crippen LogP contribution in [0.3, 0.4) is 0 Å². The van der Waals surface area contributed by atoms with Crippen LogP contribution in [0, 0.1) is 5.82 Å². The SMILES string of the molecule is Cn1ncc2c(=O)[nH]c(N3CCN(c4ccc(O)cc4F)CC3)nc21. The van der Waals surface area contributed by atoms with Crippen LogP contribution in [0.2, 0.25) is 0 Å². The van der Waals surface area contributed by atoms with Crippen LogP contribution in [0.5, 0.6) is 5.75 Å². The second kappa shape index (κ2) is 5.76. The predicted molar refractivity (Wildman–Crippen MR) is 91.6 cm³/mol. The maximum atomic E-state index is 14.0. The lowest BCUT2D eigenvalue weighted by Crippen LogP contribution is -2.47. The summed E-state index contributed by atoms with van der Waals surface area (Å²) in [5.74, 6) is -0.0469. The van der Waals surface area contributed by atoms with Gasteiger partial charge in [-0.05, 0) is 12.1 Å². The van der Waals surface area contributed by atoms with Crippen molar-refractivity contribution in [1.29, 1.82) is 0 Å². The quantitative estimate of drug-likeness (QED) is 0.716. The summed E-state index contributed by atoms with van der Waals surface area (Å²) in [5, 5.41) is 13.8. The number of halogens is 1. The summed E-state index contributed by atoms with van der Waals surface area (Å²) >= 11 is 0. The molecule has 0 bridgehead atoms. The molecule has 0 unspecified atom stereocenters. The van der Waals surface area contributed by atoms with E-state index in [0.717, 1.165) is 6.07 Å². The highest BCUT2D eigenvalue weighted by Gasteiger charge is 2.22. The molecular formula is C16H17FN6O2. The third-order valence-electron chi connectivity index (χ3n) is 4.44. The van der Waals surface area contributed by atoms with E-state index in [-0.39, 0.29) is 11.3 Å². The third-order valence-corrected chi connectivity index (χ3v) is 4.44. The number of aromatic nitrogens is 4. The molecule has 1 fully saturated rings. The second-order valence-corrected chi connectivity index (χ2v) is 6.00. The standard InChI is InChI=1S/C16H17FN6O2/c1-21-14-11(9-18-21)15(25)20-16(19-14)23-6-4-22(5-7-23)13-3-2-10(24)8-12(13)17/h2-3,8-9,24H,4-7H2,1H3,(H,19,20,25). The van der Waals surface area contributed by atoms with Crippen LogP contribution in [0.15, 0.2) is 29.2 Å². The molecule has 3 heterocycles. The fourth-order valence-corrected chi connectivity index (χ4v) is 3.08. The Balaban J connectivity index is 1.56. The van der Waals surface area contributed by atoms with Crippen molar-refractivity contribution in [1.82, 2.24) is 19.7 Å². The van der Waals surface area contributed by atoms with Crippen LogP contribution in [-0.2, 0) is 7.05 Å². The van der Waals surface area contributed by atoms with Crippen LogP contribution in [0.1, 0.15) is 0 Å². The van der Waals surface area contributed by atoms with E-state index < -0.39 is 5.82 Å². The van der Waals surface area contributed by atoms with Gasteiger partial charge in [0.1, 0.15) is 17.0 Å². The maximum absolute atomic E-state index is 14.0. The van der Waals surface area contributed by atoms with Crippen LogP contribution in [0.4, 0.5) is 16.0 Å². The number of phenolic OH excluding ortho intramolecular Hbond substituents is 1. The number of hydrogen-bond acceptors (Lipinski definition) is 6. The predicted octanol–water partition coefficient (Wildman–Crippen LogP) is 0.828. The Kier molecular flexibility index (Phi) is 3.56. The normalized spacial score (nSPS) is 15.1. The molecule has 8 nitrogen and oxygen atoms in total. The summed E-state index contributed by atoms with van der Waals surface area (Å²) in [5.41, 5.74) is 0.770. The van der Waals surface area contributed by atoms with Gasteiger partial charge in [0.15, 0.2) is 5.65 Å². The van der Waals surface area contributed by atoms with Crippen molar-refractivity contribution in [2.24, 2.45) is 7.05 Å². The molecule has 1 saturated heterocycles. The average molecular weight is 344 g/mol. The van der Waals surface area contributed by atoms with E-state index in [1.807, 2.05) is 9.80 Å². The lowest BCUT2D eigenvalue weighted by molar-refractivity contribution is 0.468. The number of nitrogens with one attached hydrogen (secondary N) is 1. The molecule has 0 atom stereocenters. The second-order valence-electron chi connectivity index (χ2n) is 6.00. The number of hydrogen-bond donors (Lipinski definition) is 2. The molecule has 9 heteroatoms. The van der Waals surface area contributed by atoms with Crippen molar-refractivity contribution in [2.75, 3.05) is 36.0 Å². The Labute approximate surface area is 142 Å². The minimum Gasteiger partial charge on any atom is -0.508 e. The molecule has 0 aliphatic carbocycles. The molecule has 4 rings (SSSR count). The van der Waals surface area contributed by atoms with Gasteiger partial charge in [-0.15, -0.1) is 0 Å². The number of anilines is 2. The van der Waals surface area contributed by atoms with Crippen molar-refractivity contribution < 1.29 is 9.50 Å². The first-order chi connectivity index (χ1) is 12.0. The van der Waals surface area contributed by atoms with Crippen LogP contribution in [0.25, 0.3) is 11.0 Å². The monoisotopic (exact) mass is 344 g/mol. The number of aryl methyl sites for hydroxylation is 1. The van der Waals surface area contributed by atoms with E-state index >= 15 is 0 Å². The highest BCUT2D eigenvalue weighted by atomic mass is 19.1. The molecule has 2 N–H and O–H groups in total. The molecule has 0 amide bonds. The van der Waals surface area contributed by atoms with Crippen LogP contribution in [-0.4, -0.2) is 51.0 Å². The molecule has 130 valence electrons.